The Morgan fingerprint density at radius 1 is 0.465 bits per heavy atom. The Kier molecular flexibility index (Phi) is 36.2. The van der Waals surface area contributed by atoms with Gasteiger partial charge in [-0.1, -0.05) is 156 Å². The number of aliphatic hydroxyl groups excluding tert-OH is 2. The lowest BCUT2D eigenvalue weighted by atomic mass is 9.92. The number of nitrogens with zero attached hydrogens (tertiary/aromatic N) is 6. The molecule has 10 atom stereocenters. The number of rotatable bonds is 15. The summed E-state index contributed by atoms with van der Waals surface area (Å²) in [7, 11) is 1.40. The summed E-state index contributed by atoms with van der Waals surface area (Å²) in [5.74, 6) is -9.17. The normalized spacial score (nSPS) is 22.9. The number of aryl methyl sites for hydroxylation is 1. The highest BCUT2D eigenvalue weighted by Gasteiger charge is 2.49. The van der Waals surface area contributed by atoms with Crippen molar-refractivity contribution in [1.29, 1.82) is 0 Å². The molecular formula is C108H124N12O24. The van der Waals surface area contributed by atoms with Gasteiger partial charge in [0.1, 0.15) is 43.1 Å². The minimum atomic E-state index is -1.74. The molecule has 36 heteroatoms. The maximum atomic E-state index is 14.9. The molecule has 0 spiro atoms. The highest BCUT2D eigenvalue weighted by Crippen LogP contribution is 2.44. The first-order valence-electron chi connectivity index (χ1n) is 48.8. The van der Waals surface area contributed by atoms with Crippen molar-refractivity contribution < 1.29 is 115 Å². The zero-order valence-electron chi connectivity index (χ0n) is 82.0. The minimum Gasteiger partial charge on any atom is -0.493 e. The molecule has 760 valence electrons. The predicted octanol–water partition coefficient (Wildman–Crippen LogP) is 9.55. The Hall–Kier alpha value is -15.1. The van der Waals surface area contributed by atoms with E-state index in [9.17, 15) is 91.7 Å². The van der Waals surface area contributed by atoms with E-state index in [1.54, 1.807) is 108 Å². The summed E-state index contributed by atoms with van der Waals surface area (Å²) in [6, 6.07) is 28.3. The van der Waals surface area contributed by atoms with Crippen LogP contribution in [0.5, 0.6) is 17.2 Å². The summed E-state index contributed by atoms with van der Waals surface area (Å²) in [6.45, 7) is 15.4. The maximum Gasteiger partial charge on any atom is 0.416 e. The van der Waals surface area contributed by atoms with Gasteiger partial charge in [0.05, 0.1) is 67.0 Å². The predicted molar refractivity (Wildman–Crippen MR) is 529 cm³/mol. The SMILES string of the molecule is C=C1CCCCC(=O)[C@H](NC(=O)CCCN2C(=O)C=CC2=O)[C@H](NC(=O)CCCN2C(=O)C=CC2=O)C(=O)CCCCC(=O)N[C@@H](C(C)C)C(=O)N[C@@H](C)C(=O)Cc2ccc(cc2)COC(=O)N2c3cc(c(OC)cc3C(=O)N3CC(c4ccccc4)=C[C@H]3C2O)OCCCCCOc2cc3c(cc2C)C(=O)N2CC(c4ccccc4)=C[C@H]2C(O)N3C(=O)OCc2ccc(cc2)CC(=O)[C@H](C)NC(=O)[C@H](C(C)C)N1. The van der Waals surface area contributed by atoms with Gasteiger partial charge in [0.15, 0.2) is 47.1 Å². The lowest BCUT2D eigenvalue weighted by Crippen LogP contribution is -2.59. The Morgan fingerprint density at radius 2 is 0.861 bits per heavy atom. The fraction of sp³-hybridized carbons (Fsp3) is 0.417. The van der Waals surface area contributed by atoms with E-state index < -0.39 is 161 Å². The van der Waals surface area contributed by atoms with E-state index in [2.05, 4.69) is 38.5 Å². The molecule has 6 aromatic rings. The molecule has 0 saturated carbocycles. The fourth-order valence-corrected chi connectivity index (χ4v) is 18.2. The number of Topliss-reactive ketones (excluding diaryl/α,β-unsaturated/α-hetero) is 4. The van der Waals surface area contributed by atoms with Crippen LogP contribution in [0, 0.1) is 18.8 Å². The van der Waals surface area contributed by atoms with Crippen LogP contribution in [0.15, 0.2) is 182 Å². The first-order valence-corrected chi connectivity index (χ1v) is 48.8. The summed E-state index contributed by atoms with van der Waals surface area (Å²) < 4.78 is 30.6. The molecule has 8 N–H and O–H groups in total. The Bertz CT molecular complexity index is 5890. The number of methoxy groups -OCH3 is 1. The molecule has 2 unspecified atom stereocenters. The van der Waals surface area contributed by atoms with E-state index in [0.717, 1.165) is 66.2 Å². The highest BCUT2D eigenvalue weighted by atomic mass is 16.6. The maximum absolute atomic E-state index is 14.9. The monoisotopic (exact) mass is 1970 g/mol. The molecule has 0 fully saturated rings. The number of anilines is 2. The van der Waals surface area contributed by atoms with Crippen LogP contribution in [0.2, 0.25) is 0 Å². The van der Waals surface area contributed by atoms with Crippen LogP contribution in [0.4, 0.5) is 21.0 Å². The van der Waals surface area contributed by atoms with Gasteiger partial charge in [-0.05, 0) is 159 Å². The van der Waals surface area contributed by atoms with Gasteiger partial charge in [-0.25, -0.2) is 19.4 Å². The fourth-order valence-electron chi connectivity index (χ4n) is 18.2. The third kappa shape index (κ3) is 26.6. The van der Waals surface area contributed by atoms with E-state index >= 15 is 0 Å². The van der Waals surface area contributed by atoms with E-state index in [-0.39, 0.29) is 188 Å². The second kappa shape index (κ2) is 49.1. The van der Waals surface area contributed by atoms with Gasteiger partial charge in [0, 0.05) is 113 Å². The van der Waals surface area contributed by atoms with Crippen LogP contribution in [-0.4, -0.2) is 237 Å². The molecule has 9 heterocycles. The van der Waals surface area contributed by atoms with Crippen LogP contribution in [0.1, 0.15) is 198 Å². The van der Waals surface area contributed by atoms with Crippen LogP contribution >= 0.6 is 0 Å². The number of carbonyl (C=O) groups excluding carboxylic acids is 17. The largest absolute Gasteiger partial charge is 0.493 e. The van der Waals surface area contributed by atoms with E-state index in [4.69, 9.17) is 23.7 Å². The molecule has 144 heavy (non-hydrogen) atoms. The van der Waals surface area contributed by atoms with Crippen LogP contribution in [0.25, 0.3) is 11.1 Å². The molecule has 6 aromatic carbocycles. The summed E-state index contributed by atoms with van der Waals surface area (Å²) >= 11 is 0. The smallest absolute Gasteiger partial charge is 0.416 e. The van der Waals surface area contributed by atoms with Crippen LogP contribution in [0.3, 0.4) is 0 Å². The summed E-state index contributed by atoms with van der Waals surface area (Å²) in [6.07, 6.45) is 2.45. The van der Waals surface area contributed by atoms with Crippen molar-refractivity contribution in [3.8, 4) is 17.2 Å². The van der Waals surface area contributed by atoms with Gasteiger partial charge in [-0.15, -0.1) is 0 Å². The van der Waals surface area contributed by atoms with Crippen molar-refractivity contribution in [2.75, 3.05) is 56.3 Å². The van der Waals surface area contributed by atoms with E-state index in [0.29, 0.717) is 58.5 Å². The van der Waals surface area contributed by atoms with Gasteiger partial charge in [0.2, 0.25) is 29.5 Å². The average Bonchev–Trinajstić information content (AvgIpc) is 1.60. The number of fused-ring (bicyclic) bond motifs is 4. The van der Waals surface area contributed by atoms with Gasteiger partial charge < -0.3 is 75.6 Å². The van der Waals surface area contributed by atoms with Crippen LogP contribution in [-0.2, 0) is 97.9 Å². The molecule has 0 radical (unpaired) electrons. The van der Waals surface area contributed by atoms with Crippen LogP contribution < -0.4 is 55.9 Å². The Morgan fingerprint density at radius 3 is 1.29 bits per heavy atom. The number of hydrogen-bond acceptors (Lipinski definition) is 25. The third-order valence-corrected chi connectivity index (χ3v) is 26.4. The zero-order valence-corrected chi connectivity index (χ0v) is 82.0. The van der Waals surface area contributed by atoms with Crippen molar-refractivity contribution >= 4 is 123 Å². The molecule has 15 rings (SSSR count). The van der Waals surface area contributed by atoms with Gasteiger partial charge in [-0.2, -0.15) is 0 Å². The molecule has 0 saturated heterocycles. The summed E-state index contributed by atoms with van der Waals surface area (Å²) in [5.41, 5.74) is 6.22. The quantitative estimate of drug-likeness (QED) is 0.0443. The number of benzene rings is 6. The third-order valence-electron chi connectivity index (χ3n) is 26.4. The number of carbonyl (C=O) groups is 17. The van der Waals surface area contributed by atoms with Crippen molar-refractivity contribution in [3.05, 3.63) is 232 Å². The number of ketones is 4. The number of nitrogens with one attached hydrogen (secondary N) is 6. The molecule has 13 amide bonds. The summed E-state index contributed by atoms with van der Waals surface area (Å²) in [5, 5.41) is 41.8. The molecular weight excluding hydrogens is 1850 g/mol. The number of imide groups is 2. The molecule has 0 aliphatic carbocycles. The average molecular weight is 1970 g/mol. The zero-order chi connectivity index (χ0) is 103. The summed E-state index contributed by atoms with van der Waals surface area (Å²) in [4.78, 5) is 244. The van der Waals surface area contributed by atoms with E-state index in [1.807, 2.05) is 60.7 Å². The minimum absolute atomic E-state index is 0.00224. The Balaban J connectivity index is 0.733. The Labute approximate surface area is 834 Å². The first kappa shape index (κ1) is 106. The number of hydrogen-bond donors (Lipinski definition) is 8. The topological polar surface area (TPSA) is 468 Å². The van der Waals surface area contributed by atoms with Crippen molar-refractivity contribution in [2.24, 2.45) is 11.8 Å². The van der Waals surface area contributed by atoms with Gasteiger partial charge >= 0.3 is 12.2 Å². The molecule has 8 bridgehead atoms. The van der Waals surface area contributed by atoms with Crippen molar-refractivity contribution in [1.82, 2.24) is 51.5 Å². The number of aliphatic hydroxyl groups is 2. The molecule has 9 aliphatic rings. The lowest BCUT2D eigenvalue weighted by molar-refractivity contribution is -0.138. The standard InChI is InChI=1S/C108H124N12O24/c1-63(2)97-101(132)110-67(7)85(123)52-69-35-39-71(40-36-69)61-143-107(138)119-79-57-87(65(5)51-77(79)103(134)117-59-75(54-81(117)105(119)136)73-26-13-10-14-27-73)141-49-21-12-22-50-142-89-58-80-78(56-88(89)140-9)104(135)118-60-76(74-28-15-11-16-29-74)55-82(118)106(137)120(80)108(139)144-62-72-41-37-70(38-42-72)53-86(124)68(8)111-102(133)98(64(3)4)112-90(125)32-20-19-31-84(122)100(114-92(127)34-24-48-116-95(130)45-46-96(116)131)99(83(121)30-18-17-25-66(6)109-97)113-91(126)33-23-47-115-93(128)43-44-94(115)129/h10-11,13-16,26-29,35-46,51,54-58,63-64,67-68,81-82,97-100,105-106,109,136-137H,6,12,17-25,30-34,47-50,52-53,59-62H2,1-5,7-9H3,(H,110,132)(H,111,133)(H,112,125)(H,113,126)(H,114,127)/t67-,68-,81-,82-,97-,98-,99-,100+,105?,106?/m0/s1. The first-order chi connectivity index (χ1) is 69.0. The van der Waals surface area contributed by atoms with E-state index in [1.165, 1.54) is 42.0 Å². The van der Waals surface area contributed by atoms with Gasteiger partial charge in [-0.3, -0.25) is 81.7 Å². The molecule has 0 aromatic heterocycles. The second-order valence-electron chi connectivity index (χ2n) is 37.7. The lowest BCUT2D eigenvalue weighted by Gasteiger charge is -2.31. The second-order valence-corrected chi connectivity index (χ2v) is 37.7. The molecule has 9 aliphatic heterocycles. The molecule has 36 nitrogen and oxygen atoms in total. The van der Waals surface area contributed by atoms with Crippen molar-refractivity contribution in [2.45, 2.75) is 232 Å². The highest BCUT2D eigenvalue weighted by molar-refractivity contribution is 6.14. The van der Waals surface area contributed by atoms with Crippen molar-refractivity contribution in [3.63, 3.8) is 0 Å². The number of amides is 13. The van der Waals surface area contributed by atoms with Gasteiger partial charge in [0.25, 0.3) is 35.4 Å². The number of ether oxygens (including phenoxy) is 5. The number of allylic oxidation sites excluding steroid dienone is 1.